The Bertz CT molecular complexity index is 1100. The van der Waals surface area contributed by atoms with Gasteiger partial charge in [0.1, 0.15) is 0 Å². The lowest BCUT2D eigenvalue weighted by atomic mass is 9.86. The van der Waals surface area contributed by atoms with Crippen LogP contribution in [0.4, 0.5) is 0 Å². The third-order valence-corrected chi connectivity index (χ3v) is 4.08. The number of benzene rings is 2. The highest BCUT2D eigenvalue weighted by Crippen LogP contribution is 2.39. The fourth-order valence-corrected chi connectivity index (χ4v) is 3.14. The summed E-state index contributed by atoms with van der Waals surface area (Å²) in [6, 6.07) is 15.4. The molecule has 21 heavy (non-hydrogen) atoms. The summed E-state index contributed by atoms with van der Waals surface area (Å²) in [6.45, 7) is 0. The van der Waals surface area contributed by atoms with E-state index in [2.05, 4.69) is 9.97 Å². The van der Waals surface area contributed by atoms with E-state index in [9.17, 15) is 0 Å². The first-order chi connectivity index (χ1) is 11.2. The number of hydrogen-bond acceptors (Lipinski definition) is 2. The standard InChI is InChI=1S/C19H12N2/c1-2-6-14-13(4-1)11-21-19-15-8-9-20-17-7-3-5-12(18(15)17)10-16(14)19/h1-9,11H,10H2/i10D2. The number of pyridine rings is 2. The Hall–Kier alpha value is -2.74. The van der Waals surface area contributed by atoms with E-state index in [1.54, 1.807) is 6.20 Å². The second-order valence-corrected chi connectivity index (χ2v) is 5.25. The van der Waals surface area contributed by atoms with Gasteiger partial charge in [0.25, 0.3) is 0 Å². The molecule has 5 rings (SSSR count). The van der Waals surface area contributed by atoms with E-state index in [0.29, 0.717) is 11.1 Å². The maximum atomic E-state index is 8.81. The average molecular weight is 270 g/mol. The molecule has 1 aliphatic rings. The Balaban J connectivity index is 2.07. The first-order valence-corrected chi connectivity index (χ1v) is 6.95. The lowest BCUT2D eigenvalue weighted by molar-refractivity contribution is 1.16. The minimum atomic E-state index is -1.60. The molecule has 0 aliphatic heterocycles. The Morgan fingerprint density at radius 2 is 1.90 bits per heavy atom. The highest BCUT2D eigenvalue weighted by atomic mass is 14.7. The molecule has 2 heterocycles. The summed E-state index contributed by atoms with van der Waals surface area (Å²) in [4.78, 5) is 8.99. The van der Waals surface area contributed by atoms with E-state index in [4.69, 9.17) is 2.74 Å². The van der Waals surface area contributed by atoms with Crippen molar-refractivity contribution in [2.45, 2.75) is 6.37 Å². The summed E-state index contributed by atoms with van der Waals surface area (Å²) in [5, 5.41) is 2.75. The Morgan fingerprint density at radius 3 is 2.90 bits per heavy atom. The molecule has 2 aromatic carbocycles. The molecule has 0 saturated carbocycles. The van der Waals surface area contributed by atoms with Gasteiger partial charge in [-0.15, -0.1) is 0 Å². The normalized spacial score (nSPS) is 16.4. The van der Waals surface area contributed by atoms with Crippen molar-refractivity contribution in [3.05, 3.63) is 72.1 Å². The molecule has 1 aliphatic carbocycles. The second-order valence-electron chi connectivity index (χ2n) is 5.25. The minimum absolute atomic E-state index is 0.654. The topological polar surface area (TPSA) is 25.8 Å². The van der Waals surface area contributed by atoms with Gasteiger partial charge in [0.2, 0.25) is 0 Å². The zero-order valence-electron chi connectivity index (χ0n) is 13.2. The molecule has 98 valence electrons. The molecule has 0 saturated heterocycles. The van der Waals surface area contributed by atoms with Gasteiger partial charge >= 0.3 is 0 Å². The van der Waals surface area contributed by atoms with Crippen LogP contribution in [0.1, 0.15) is 13.9 Å². The van der Waals surface area contributed by atoms with E-state index in [0.717, 1.165) is 32.9 Å². The maximum Gasteiger partial charge on any atom is 0.0751 e. The van der Waals surface area contributed by atoms with Crippen molar-refractivity contribution < 1.29 is 2.74 Å². The van der Waals surface area contributed by atoms with E-state index in [1.165, 1.54) is 0 Å². The quantitative estimate of drug-likeness (QED) is 0.474. The molecule has 2 heteroatoms. The van der Waals surface area contributed by atoms with Crippen molar-refractivity contribution >= 4 is 21.7 Å². The summed E-state index contributed by atoms with van der Waals surface area (Å²) < 4.78 is 17.6. The fraction of sp³-hybridized carbons (Fsp3) is 0.0526. The van der Waals surface area contributed by atoms with Crippen LogP contribution in [-0.2, 0) is 6.37 Å². The van der Waals surface area contributed by atoms with Crippen molar-refractivity contribution in [1.82, 2.24) is 9.97 Å². The van der Waals surface area contributed by atoms with Gasteiger partial charge in [-0.1, -0.05) is 36.4 Å². The average Bonchev–Trinajstić information content (AvgIpc) is 2.59. The summed E-state index contributed by atoms with van der Waals surface area (Å²) in [5.74, 6) is 0. The number of hydrogen-bond donors (Lipinski definition) is 0. The molecule has 0 radical (unpaired) electrons. The van der Waals surface area contributed by atoms with E-state index < -0.39 is 6.37 Å². The molecule has 0 spiro atoms. The highest BCUT2D eigenvalue weighted by Gasteiger charge is 2.21. The lowest BCUT2D eigenvalue weighted by Gasteiger charge is -2.20. The van der Waals surface area contributed by atoms with Gasteiger partial charge in [-0.3, -0.25) is 9.97 Å². The first-order valence-electron chi connectivity index (χ1n) is 7.95. The van der Waals surface area contributed by atoms with Crippen molar-refractivity contribution in [2.75, 3.05) is 0 Å². The molecule has 0 atom stereocenters. The van der Waals surface area contributed by atoms with Crippen LogP contribution in [0.2, 0.25) is 0 Å². The van der Waals surface area contributed by atoms with Gasteiger partial charge in [-0.2, -0.15) is 0 Å². The second kappa shape index (κ2) is 3.89. The van der Waals surface area contributed by atoms with Gasteiger partial charge in [0.15, 0.2) is 0 Å². The van der Waals surface area contributed by atoms with Gasteiger partial charge < -0.3 is 0 Å². The van der Waals surface area contributed by atoms with Crippen molar-refractivity contribution in [2.24, 2.45) is 0 Å². The first kappa shape index (κ1) is 9.24. The van der Waals surface area contributed by atoms with Crippen molar-refractivity contribution in [1.29, 1.82) is 0 Å². The van der Waals surface area contributed by atoms with Crippen molar-refractivity contribution in [3.63, 3.8) is 0 Å². The fourth-order valence-electron chi connectivity index (χ4n) is 3.14. The molecule has 0 bridgehead atoms. The van der Waals surface area contributed by atoms with E-state index >= 15 is 0 Å². The summed E-state index contributed by atoms with van der Waals surface area (Å²) >= 11 is 0. The summed E-state index contributed by atoms with van der Waals surface area (Å²) in [5.41, 5.74) is 3.82. The number of fused-ring (bicyclic) bond motifs is 4. The maximum absolute atomic E-state index is 8.81. The number of nitrogens with zero attached hydrogens (tertiary/aromatic N) is 2. The van der Waals surface area contributed by atoms with Crippen LogP contribution in [0.15, 0.2) is 60.9 Å². The Morgan fingerprint density at radius 1 is 0.952 bits per heavy atom. The molecule has 0 fully saturated rings. The molecule has 2 aromatic heterocycles. The van der Waals surface area contributed by atoms with Crippen LogP contribution in [0.3, 0.4) is 0 Å². The molecule has 2 nitrogen and oxygen atoms in total. The van der Waals surface area contributed by atoms with Crippen LogP contribution < -0.4 is 0 Å². The van der Waals surface area contributed by atoms with Gasteiger partial charge in [0, 0.05) is 37.8 Å². The number of aromatic nitrogens is 2. The predicted octanol–water partition coefficient (Wildman–Crippen LogP) is 4.35. The molecule has 0 N–H and O–H groups in total. The SMILES string of the molecule is [2H]C1([2H])c2c(ncc3ccccc23)-c2ccnc3cccc1c23. The third-order valence-electron chi connectivity index (χ3n) is 4.08. The van der Waals surface area contributed by atoms with E-state index in [1.807, 2.05) is 54.7 Å². The third kappa shape index (κ3) is 1.42. The monoisotopic (exact) mass is 270 g/mol. The van der Waals surface area contributed by atoms with Crippen molar-refractivity contribution in [3.8, 4) is 11.3 Å². The zero-order chi connectivity index (χ0) is 15.6. The Kier molecular flexibility index (Phi) is 1.71. The molecule has 4 aromatic rings. The highest BCUT2D eigenvalue weighted by molar-refractivity contribution is 6.02. The molecular weight excluding hydrogens is 256 g/mol. The Labute approximate surface area is 124 Å². The molecule has 0 unspecified atom stereocenters. The summed E-state index contributed by atoms with van der Waals surface area (Å²) in [7, 11) is 0. The zero-order valence-corrected chi connectivity index (χ0v) is 11.2. The molecule has 0 amide bonds. The van der Waals surface area contributed by atoms with Crippen LogP contribution >= 0.6 is 0 Å². The van der Waals surface area contributed by atoms with Crippen LogP contribution in [0, 0.1) is 0 Å². The van der Waals surface area contributed by atoms with Gasteiger partial charge in [-0.25, -0.2) is 0 Å². The van der Waals surface area contributed by atoms with Gasteiger partial charge in [0.05, 0.1) is 11.2 Å². The molecular formula is C19H12N2. The number of rotatable bonds is 0. The van der Waals surface area contributed by atoms with Crippen LogP contribution in [-0.4, -0.2) is 9.97 Å². The van der Waals surface area contributed by atoms with Gasteiger partial charge in [-0.05, 0) is 28.6 Å². The van der Waals surface area contributed by atoms with Crippen LogP contribution in [0.5, 0.6) is 0 Å². The predicted molar refractivity (Wildman–Crippen MR) is 85.3 cm³/mol. The smallest absolute Gasteiger partial charge is 0.0751 e. The van der Waals surface area contributed by atoms with Crippen LogP contribution in [0.25, 0.3) is 32.9 Å². The largest absolute Gasteiger partial charge is 0.256 e. The van der Waals surface area contributed by atoms with E-state index in [-0.39, 0.29) is 0 Å². The summed E-state index contributed by atoms with van der Waals surface area (Å²) in [6.07, 6.45) is 1.99. The minimum Gasteiger partial charge on any atom is -0.256 e. The lowest BCUT2D eigenvalue weighted by Crippen LogP contribution is -2.04.